The fourth-order valence-electron chi connectivity index (χ4n) is 7.32. The molecule has 0 spiro atoms. The molecule has 6 aromatic carbocycles. The van der Waals surface area contributed by atoms with Gasteiger partial charge in [0.15, 0.2) is 11.6 Å². The summed E-state index contributed by atoms with van der Waals surface area (Å²) in [6.07, 6.45) is 3.66. The second kappa shape index (κ2) is 13.3. The first kappa shape index (κ1) is 31.3. The molecule has 254 valence electrons. The summed E-state index contributed by atoms with van der Waals surface area (Å²) in [4.78, 5) is 20.5. The van der Waals surface area contributed by atoms with Gasteiger partial charge in [0.05, 0.1) is 33.8 Å². The minimum atomic E-state index is 0.774. The molecule has 6 heteroatoms. The minimum Gasteiger partial charge on any atom is -0.256 e. The molecular weight excluding hydrogens is 661 g/mol. The van der Waals surface area contributed by atoms with E-state index < -0.39 is 0 Å². The van der Waals surface area contributed by atoms with Gasteiger partial charge in [-0.3, -0.25) is 9.97 Å². The Balaban J connectivity index is 1.41. The van der Waals surface area contributed by atoms with E-state index in [1.165, 1.54) is 0 Å². The lowest BCUT2D eigenvalue weighted by Gasteiger charge is -2.20. The average Bonchev–Trinajstić information content (AvgIpc) is 3.84. The van der Waals surface area contributed by atoms with Crippen LogP contribution in [0.3, 0.4) is 0 Å². The minimum absolute atomic E-state index is 0.774. The first-order chi connectivity index (χ1) is 26.8. The molecule has 4 heterocycles. The van der Waals surface area contributed by atoms with Crippen LogP contribution in [0.1, 0.15) is 0 Å². The van der Waals surface area contributed by atoms with Crippen LogP contribution in [0.15, 0.2) is 194 Å². The van der Waals surface area contributed by atoms with Gasteiger partial charge in [0.1, 0.15) is 0 Å². The topological polar surface area (TPSA) is 61.4 Å². The summed E-state index contributed by atoms with van der Waals surface area (Å²) in [6, 6.07) is 62.9. The number of fused-ring (bicyclic) bond motifs is 2. The highest BCUT2D eigenvalue weighted by molar-refractivity contribution is 5.90. The van der Waals surface area contributed by atoms with E-state index in [1.807, 2.05) is 36.7 Å². The number of benzene rings is 6. The molecule has 0 N–H and O–H groups in total. The number of nitrogens with zero attached hydrogens (tertiary/aromatic N) is 6. The molecule has 0 aliphatic carbocycles. The molecule has 0 amide bonds. The molecule has 0 unspecified atom stereocenters. The van der Waals surface area contributed by atoms with E-state index >= 15 is 0 Å². The summed E-state index contributed by atoms with van der Waals surface area (Å²) in [7, 11) is 0. The van der Waals surface area contributed by atoms with E-state index in [4.69, 9.17) is 9.97 Å². The van der Waals surface area contributed by atoms with Gasteiger partial charge in [-0.25, -0.2) is 19.3 Å². The fourth-order valence-corrected chi connectivity index (χ4v) is 7.32. The Hall–Kier alpha value is -7.44. The molecule has 0 fully saturated rings. The number of hydrogen-bond donors (Lipinski definition) is 0. The molecule has 0 radical (unpaired) electrons. The van der Waals surface area contributed by atoms with Crippen LogP contribution < -0.4 is 0 Å². The van der Waals surface area contributed by atoms with Crippen molar-refractivity contribution in [2.24, 2.45) is 0 Å². The third-order valence-electron chi connectivity index (χ3n) is 9.82. The van der Waals surface area contributed by atoms with Gasteiger partial charge in [-0.15, -0.1) is 0 Å². The molecule has 6 nitrogen and oxygen atoms in total. The van der Waals surface area contributed by atoms with E-state index in [0.29, 0.717) is 0 Å². The Morgan fingerprint density at radius 2 is 0.685 bits per heavy atom. The zero-order chi connectivity index (χ0) is 35.8. The Labute approximate surface area is 312 Å². The summed E-state index contributed by atoms with van der Waals surface area (Å²) < 4.78 is 4.56. The smallest absolute Gasteiger partial charge is 0.160 e. The molecule has 0 atom stereocenters. The Kier molecular flexibility index (Phi) is 7.69. The second-order valence-electron chi connectivity index (χ2n) is 13.2. The van der Waals surface area contributed by atoms with E-state index in [1.54, 1.807) is 0 Å². The van der Waals surface area contributed by atoms with Gasteiger partial charge in [-0.05, 0) is 48.5 Å². The van der Waals surface area contributed by atoms with Crippen LogP contribution in [0.25, 0.3) is 89.6 Å². The zero-order valence-corrected chi connectivity index (χ0v) is 29.2. The normalized spacial score (nSPS) is 11.3. The Morgan fingerprint density at radius 3 is 1.07 bits per heavy atom. The first-order valence-electron chi connectivity index (χ1n) is 18.0. The molecule has 0 bridgehead atoms. The number of hydrogen-bond acceptors (Lipinski definition) is 4. The van der Waals surface area contributed by atoms with Crippen LogP contribution in [-0.2, 0) is 0 Å². The van der Waals surface area contributed by atoms with Crippen LogP contribution in [0.4, 0.5) is 0 Å². The van der Waals surface area contributed by atoms with Crippen LogP contribution >= 0.6 is 0 Å². The molecule has 10 aromatic rings. The third kappa shape index (κ3) is 5.45. The molecule has 0 aliphatic rings. The van der Waals surface area contributed by atoms with E-state index in [0.717, 1.165) is 89.6 Å². The SMILES string of the molecule is c1ccc(-c2nc(-c3ccc4ncccc4c3)n(-n3c(-c4ccc5ncccc5c4)nc(-c4ccccc4)c3-c3ccccc3)c2-c2ccccc2)cc1. The van der Waals surface area contributed by atoms with Crippen LogP contribution in [0.2, 0.25) is 0 Å². The maximum atomic E-state index is 5.60. The number of aromatic nitrogens is 6. The zero-order valence-electron chi connectivity index (χ0n) is 29.2. The lowest BCUT2D eigenvalue weighted by atomic mass is 10.0. The highest BCUT2D eigenvalue weighted by atomic mass is 15.5. The van der Waals surface area contributed by atoms with E-state index in [-0.39, 0.29) is 0 Å². The van der Waals surface area contributed by atoms with Gasteiger partial charge < -0.3 is 0 Å². The Bertz CT molecular complexity index is 2710. The Morgan fingerprint density at radius 1 is 0.315 bits per heavy atom. The van der Waals surface area contributed by atoms with Crippen molar-refractivity contribution in [3.63, 3.8) is 0 Å². The van der Waals surface area contributed by atoms with Crippen molar-refractivity contribution in [2.45, 2.75) is 0 Å². The standard InChI is InChI=1S/C48H32N6/c1-5-15-33(16-6-1)43-45(35-19-9-3-10-20-35)53(47(51-43)39-25-27-41-37(31-39)23-13-29-49-41)54-46(36-21-11-4-12-22-36)44(34-17-7-2-8-18-34)52-48(54)40-26-28-42-38(32-40)24-14-30-50-42/h1-32H. The predicted octanol–water partition coefficient (Wildman–Crippen LogP) is 11.5. The third-order valence-corrected chi connectivity index (χ3v) is 9.82. The van der Waals surface area contributed by atoms with Gasteiger partial charge in [0.2, 0.25) is 0 Å². The van der Waals surface area contributed by atoms with Gasteiger partial charge in [0.25, 0.3) is 0 Å². The van der Waals surface area contributed by atoms with Crippen molar-refractivity contribution in [2.75, 3.05) is 0 Å². The lowest BCUT2D eigenvalue weighted by molar-refractivity contribution is 0.687. The summed E-state index contributed by atoms with van der Waals surface area (Å²) in [5.41, 5.74) is 11.5. The molecule has 0 aliphatic heterocycles. The van der Waals surface area contributed by atoms with Crippen LogP contribution in [-0.4, -0.2) is 29.3 Å². The summed E-state index contributed by atoms with van der Waals surface area (Å²) in [5, 5.41) is 2.07. The summed E-state index contributed by atoms with van der Waals surface area (Å²) >= 11 is 0. The lowest BCUT2D eigenvalue weighted by Crippen LogP contribution is -2.16. The average molecular weight is 693 g/mol. The predicted molar refractivity (Wildman–Crippen MR) is 218 cm³/mol. The second-order valence-corrected chi connectivity index (χ2v) is 13.2. The van der Waals surface area contributed by atoms with Gasteiger partial charge in [0, 0.05) is 56.5 Å². The molecule has 54 heavy (non-hydrogen) atoms. The van der Waals surface area contributed by atoms with Gasteiger partial charge in [-0.2, -0.15) is 0 Å². The van der Waals surface area contributed by atoms with Crippen molar-refractivity contribution >= 4 is 21.8 Å². The highest BCUT2D eigenvalue weighted by Crippen LogP contribution is 2.43. The van der Waals surface area contributed by atoms with Crippen LogP contribution in [0, 0.1) is 0 Å². The van der Waals surface area contributed by atoms with E-state index in [9.17, 15) is 0 Å². The van der Waals surface area contributed by atoms with Crippen molar-refractivity contribution in [1.29, 1.82) is 0 Å². The maximum absolute atomic E-state index is 5.60. The molecule has 10 rings (SSSR count). The first-order valence-corrected chi connectivity index (χ1v) is 18.0. The largest absolute Gasteiger partial charge is 0.256 e. The summed E-state index contributed by atoms with van der Waals surface area (Å²) in [6.45, 7) is 0. The molecular formula is C48H32N6. The number of pyridine rings is 2. The molecule has 4 aromatic heterocycles. The molecule has 0 saturated carbocycles. The van der Waals surface area contributed by atoms with Crippen molar-refractivity contribution in [1.82, 2.24) is 29.3 Å². The number of imidazole rings is 2. The number of rotatable bonds is 7. The van der Waals surface area contributed by atoms with Crippen molar-refractivity contribution in [3.8, 4) is 67.8 Å². The monoisotopic (exact) mass is 692 g/mol. The summed E-state index contributed by atoms with van der Waals surface area (Å²) in [5.74, 6) is 1.55. The quantitative estimate of drug-likeness (QED) is 0.167. The van der Waals surface area contributed by atoms with Gasteiger partial charge in [-0.1, -0.05) is 133 Å². The van der Waals surface area contributed by atoms with Crippen molar-refractivity contribution < 1.29 is 0 Å². The maximum Gasteiger partial charge on any atom is 0.160 e. The van der Waals surface area contributed by atoms with E-state index in [2.05, 4.69) is 177 Å². The van der Waals surface area contributed by atoms with Crippen molar-refractivity contribution in [3.05, 3.63) is 194 Å². The van der Waals surface area contributed by atoms with Gasteiger partial charge >= 0.3 is 0 Å². The highest BCUT2D eigenvalue weighted by Gasteiger charge is 2.29. The van der Waals surface area contributed by atoms with Crippen LogP contribution in [0.5, 0.6) is 0 Å². The fraction of sp³-hybridized carbons (Fsp3) is 0. The molecule has 0 saturated heterocycles.